The van der Waals surface area contributed by atoms with E-state index in [0.29, 0.717) is 26.1 Å². The average Bonchev–Trinajstić information content (AvgIpc) is 3.06. The third kappa shape index (κ3) is 8.47. The van der Waals surface area contributed by atoms with Crippen LogP contribution in [0.25, 0.3) is 0 Å². The van der Waals surface area contributed by atoms with Crippen LogP contribution < -0.4 is 20.7 Å². The molecule has 0 spiro atoms. The second-order valence-corrected chi connectivity index (χ2v) is 24.4. The van der Waals surface area contributed by atoms with Gasteiger partial charge in [0.2, 0.25) is 0 Å². The number of benzene rings is 4. The fraction of sp³-hybridized carbons (Fsp3) is 0.429. The average molecular weight is 683 g/mol. The number of aliphatic hydroxyl groups excluding tert-OH is 2. The fourth-order valence-corrected chi connectivity index (χ4v) is 16.7. The van der Waals surface area contributed by atoms with Gasteiger partial charge in [0.05, 0.1) is 12.2 Å². The molecule has 0 amide bonds. The molecule has 0 aliphatic carbocycles. The van der Waals surface area contributed by atoms with Crippen LogP contribution in [0.4, 0.5) is 0 Å². The van der Waals surface area contributed by atoms with Crippen LogP contribution in [0.2, 0.25) is 10.1 Å². The molecule has 0 aliphatic rings. The zero-order valence-electron chi connectivity index (χ0n) is 30.4. The van der Waals surface area contributed by atoms with Crippen molar-refractivity contribution in [2.24, 2.45) is 11.8 Å². The van der Waals surface area contributed by atoms with E-state index in [1.165, 1.54) is 20.7 Å². The number of hydrogen-bond donors (Lipinski definition) is 2. The first-order valence-corrected chi connectivity index (χ1v) is 21.4. The summed E-state index contributed by atoms with van der Waals surface area (Å²) in [6, 6.07) is 42.6. The van der Waals surface area contributed by atoms with Gasteiger partial charge in [-0.1, -0.05) is 177 Å². The van der Waals surface area contributed by atoms with Crippen molar-refractivity contribution < 1.29 is 19.1 Å². The second-order valence-electron chi connectivity index (χ2n) is 15.8. The lowest BCUT2D eigenvalue weighted by atomic mass is 9.95. The van der Waals surface area contributed by atoms with E-state index >= 15 is 0 Å². The highest BCUT2D eigenvalue weighted by molar-refractivity contribution is 7.00. The van der Waals surface area contributed by atoms with E-state index in [1.807, 2.05) is 0 Å². The van der Waals surface area contributed by atoms with E-state index in [0.717, 1.165) is 0 Å². The molecule has 0 aliphatic heterocycles. The summed E-state index contributed by atoms with van der Waals surface area (Å²) in [5.41, 5.74) is 0. The normalized spacial score (nSPS) is 15.5. The highest BCUT2D eigenvalue weighted by Gasteiger charge is 2.51. The number of rotatable bonds is 15. The van der Waals surface area contributed by atoms with Gasteiger partial charge in [-0.05, 0) is 55.5 Å². The van der Waals surface area contributed by atoms with Gasteiger partial charge in [-0.25, -0.2) is 0 Å². The molecule has 0 radical (unpaired) electrons. The van der Waals surface area contributed by atoms with Gasteiger partial charge in [0.1, 0.15) is 0 Å². The maximum atomic E-state index is 11.2. The van der Waals surface area contributed by atoms with Gasteiger partial charge in [0, 0.05) is 13.2 Å². The van der Waals surface area contributed by atoms with Crippen molar-refractivity contribution in [3.63, 3.8) is 0 Å². The molecule has 0 saturated carbocycles. The van der Waals surface area contributed by atoms with E-state index in [9.17, 15) is 10.2 Å². The molecule has 4 rings (SSSR count). The third-order valence-electron chi connectivity index (χ3n) is 9.73. The molecule has 258 valence electrons. The van der Waals surface area contributed by atoms with Crippen molar-refractivity contribution >= 4 is 37.4 Å². The molecule has 0 heterocycles. The van der Waals surface area contributed by atoms with Gasteiger partial charge < -0.3 is 19.1 Å². The fourth-order valence-electron chi connectivity index (χ4n) is 7.33. The summed E-state index contributed by atoms with van der Waals surface area (Å²) in [5, 5.41) is 27.2. The smallest absolute Gasteiger partial charge is 0.261 e. The summed E-state index contributed by atoms with van der Waals surface area (Å²) in [5.74, 6) is 0.111. The molecule has 0 aromatic heterocycles. The molecule has 0 unspecified atom stereocenters. The van der Waals surface area contributed by atoms with Crippen LogP contribution >= 0.6 is 0 Å². The molecule has 0 saturated heterocycles. The van der Waals surface area contributed by atoms with Gasteiger partial charge >= 0.3 is 0 Å². The molecular weight excluding hydrogens is 625 g/mol. The van der Waals surface area contributed by atoms with Crippen LogP contribution in [-0.4, -0.2) is 52.3 Å². The van der Waals surface area contributed by atoms with Crippen molar-refractivity contribution in [3.8, 4) is 0 Å². The van der Waals surface area contributed by atoms with Gasteiger partial charge in [-0.2, -0.15) is 0 Å². The molecule has 2 N–H and O–H groups in total. The lowest BCUT2D eigenvalue weighted by Gasteiger charge is -2.44. The zero-order chi connectivity index (χ0) is 35.0. The molecule has 4 nitrogen and oxygen atoms in total. The van der Waals surface area contributed by atoms with Gasteiger partial charge in [-0.15, -0.1) is 0 Å². The van der Waals surface area contributed by atoms with Crippen molar-refractivity contribution in [2.75, 3.05) is 13.2 Å². The van der Waals surface area contributed by atoms with Crippen molar-refractivity contribution in [1.29, 1.82) is 0 Å². The van der Waals surface area contributed by atoms with Gasteiger partial charge in [0.15, 0.2) is 0 Å². The van der Waals surface area contributed by atoms with Gasteiger partial charge in [0.25, 0.3) is 16.6 Å². The zero-order valence-corrected chi connectivity index (χ0v) is 32.4. The Hall–Kier alpha value is -2.85. The van der Waals surface area contributed by atoms with Crippen LogP contribution in [0.5, 0.6) is 0 Å². The van der Waals surface area contributed by atoms with E-state index in [1.54, 1.807) is 0 Å². The Balaban J connectivity index is 1.44. The van der Waals surface area contributed by atoms with E-state index < -0.39 is 28.8 Å². The van der Waals surface area contributed by atoms with Gasteiger partial charge in [-0.3, -0.25) is 0 Å². The summed E-state index contributed by atoms with van der Waals surface area (Å²) < 4.78 is 14.2. The summed E-state index contributed by atoms with van der Waals surface area (Å²) in [6.45, 7) is 18.9. The summed E-state index contributed by atoms with van der Waals surface area (Å²) >= 11 is 0. The van der Waals surface area contributed by atoms with Crippen LogP contribution in [0.15, 0.2) is 121 Å². The molecule has 0 fully saturated rings. The summed E-state index contributed by atoms with van der Waals surface area (Å²) in [7, 11) is -5.35. The minimum atomic E-state index is -2.67. The molecule has 0 bridgehead atoms. The minimum Gasteiger partial charge on any atom is -0.407 e. The molecule has 6 heteroatoms. The van der Waals surface area contributed by atoms with Crippen LogP contribution in [-0.2, 0) is 8.85 Å². The first-order chi connectivity index (χ1) is 22.7. The Morgan fingerprint density at radius 3 is 0.896 bits per heavy atom. The third-order valence-corrected chi connectivity index (χ3v) is 19.7. The highest BCUT2D eigenvalue weighted by atomic mass is 28.4. The van der Waals surface area contributed by atoms with Crippen molar-refractivity contribution in [2.45, 2.75) is 90.5 Å². The molecule has 4 aromatic carbocycles. The maximum Gasteiger partial charge on any atom is 0.261 e. The Bertz CT molecular complexity index is 1310. The Morgan fingerprint density at radius 1 is 0.458 bits per heavy atom. The predicted molar refractivity (Wildman–Crippen MR) is 207 cm³/mol. The van der Waals surface area contributed by atoms with E-state index in [-0.39, 0.29) is 21.9 Å². The van der Waals surface area contributed by atoms with Crippen LogP contribution in [0, 0.1) is 11.8 Å². The summed E-state index contributed by atoms with van der Waals surface area (Å²) in [4.78, 5) is 0. The van der Waals surface area contributed by atoms with E-state index in [4.69, 9.17) is 8.85 Å². The predicted octanol–water partition coefficient (Wildman–Crippen LogP) is 6.91. The molecule has 4 aromatic rings. The molecular formula is C42H58O4Si2. The Morgan fingerprint density at radius 2 is 0.688 bits per heavy atom. The topological polar surface area (TPSA) is 58.9 Å². The summed E-state index contributed by atoms with van der Waals surface area (Å²) in [6.07, 6.45) is -0.778. The SMILES string of the molecule is C[C@H](CO[Si](c1ccccc1)(c1ccccc1)C(C)(C)C)C[C@@H](O)[C@H](O)C[C@H](C)CO[Si](c1ccccc1)(c1ccccc1)C(C)(C)C. The van der Waals surface area contributed by atoms with E-state index in [2.05, 4.69) is 177 Å². The quantitative estimate of drug-likeness (QED) is 0.134. The maximum absolute atomic E-state index is 11.2. The minimum absolute atomic E-state index is 0.0555. The Labute approximate surface area is 292 Å². The monoisotopic (exact) mass is 682 g/mol. The largest absolute Gasteiger partial charge is 0.407 e. The first-order valence-electron chi connectivity index (χ1n) is 17.6. The van der Waals surface area contributed by atoms with Crippen molar-refractivity contribution in [1.82, 2.24) is 0 Å². The number of hydrogen-bond acceptors (Lipinski definition) is 4. The highest BCUT2D eigenvalue weighted by Crippen LogP contribution is 2.38. The standard InChI is InChI=1S/C42H58O4Si2/c1-33(31-45-47(41(3,4)5,35-21-13-9-14-22-35)36-23-15-10-16-24-36)29-39(43)40(44)30-34(2)32-46-48(42(6,7)8,37-25-17-11-18-26-37)38-27-19-12-20-28-38/h9-28,33-34,39-40,43-44H,29-32H2,1-8H3/t33-,34-,39+,40+/m0/s1. The molecule has 48 heavy (non-hydrogen) atoms. The second kappa shape index (κ2) is 16.2. The lowest BCUT2D eigenvalue weighted by molar-refractivity contribution is -0.0125. The van der Waals surface area contributed by atoms with Crippen molar-refractivity contribution in [3.05, 3.63) is 121 Å². The lowest BCUT2D eigenvalue weighted by Crippen LogP contribution is -2.67. The first kappa shape index (κ1) is 38.0. The molecule has 4 atom stereocenters. The number of aliphatic hydroxyl groups is 2. The van der Waals surface area contributed by atoms with Crippen LogP contribution in [0.1, 0.15) is 68.2 Å². The Kier molecular flexibility index (Phi) is 12.8. The van der Waals surface area contributed by atoms with Crippen LogP contribution in [0.3, 0.4) is 0 Å².